The van der Waals surface area contributed by atoms with Gasteiger partial charge in [-0.15, -0.1) is 0 Å². The first-order chi connectivity index (χ1) is 18.7. The second-order valence-electron chi connectivity index (χ2n) is 15.8. The van der Waals surface area contributed by atoms with E-state index in [1.54, 1.807) is 49.4 Å². The van der Waals surface area contributed by atoms with Crippen LogP contribution in [0.1, 0.15) is 186 Å². The summed E-state index contributed by atoms with van der Waals surface area (Å²) in [7, 11) is 0. The Kier molecular flexibility index (Phi) is 27.7. The molecule has 2 radical (unpaired) electrons. The van der Waals surface area contributed by atoms with Gasteiger partial charge < -0.3 is 10.2 Å². The number of hydrogen-bond donors (Lipinski definition) is 2. The van der Waals surface area contributed by atoms with Gasteiger partial charge in [0, 0.05) is 0 Å². The summed E-state index contributed by atoms with van der Waals surface area (Å²) < 4.78 is 3.31. The molecule has 0 saturated heterocycles. The van der Waals surface area contributed by atoms with Crippen LogP contribution in [-0.2, 0) is 9.59 Å². The average molecular weight is 690 g/mol. The summed E-state index contributed by atoms with van der Waals surface area (Å²) in [6.07, 6.45) is 21.2. The molecule has 0 aliphatic heterocycles. The molecule has 0 aliphatic carbocycles. The standard InChI is InChI=1S/2C10H20O2.2C8H17.Sn/c2*1-9(2,3)6-7-10(4,5)8(11)12;2*1-3-5-7-8-6-4-2;/h2*6-7H2,1-5H3,(H,11,12);2*1,3-8H2,2H3;. The molecule has 0 aromatic heterocycles. The first-order valence-corrected chi connectivity index (χ1v) is 20.9. The Labute approximate surface area is 268 Å². The third kappa shape index (κ3) is 35.8. The zero-order valence-electron chi connectivity index (χ0n) is 29.9. The minimum absolute atomic E-state index is 0.0736. The summed E-state index contributed by atoms with van der Waals surface area (Å²) in [5, 5.41) is 17.7. The van der Waals surface area contributed by atoms with Gasteiger partial charge in [-0.1, -0.05) is 41.5 Å². The molecule has 0 bridgehead atoms. The van der Waals surface area contributed by atoms with Crippen LogP contribution in [0.25, 0.3) is 0 Å². The molecule has 0 heterocycles. The van der Waals surface area contributed by atoms with Gasteiger partial charge in [-0.25, -0.2) is 0 Å². The van der Waals surface area contributed by atoms with Crippen molar-refractivity contribution in [3.8, 4) is 0 Å². The topological polar surface area (TPSA) is 74.6 Å². The first kappa shape index (κ1) is 45.2. The number of carboxylic acids is 2. The van der Waals surface area contributed by atoms with Crippen LogP contribution >= 0.6 is 0 Å². The maximum absolute atomic E-state index is 10.7. The van der Waals surface area contributed by atoms with Crippen LogP contribution in [0.4, 0.5) is 0 Å². The summed E-state index contributed by atoms with van der Waals surface area (Å²) in [5.41, 5.74) is -0.694. The Balaban J connectivity index is -0.000000542. The van der Waals surface area contributed by atoms with Gasteiger partial charge in [0.05, 0.1) is 10.8 Å². The van der Waals surface area contributed by atoms with Gasteiger partial charge >= 0.3 is 133 Å². The number of carbonyl (C=O) groups is 2. The van der Waals surface area contributed by atoms with Crippen molar-refractivity contribution >= 4 is 33.1 Å². The molecule has 2 N–H and O–H groups in total. The molecule has 0 atom stereocenters. The van der Waals surface area contributed by atoms with Crippen molar-refractivity contribution < 1.29 is 19.8 Å². The van der Waals surface area contributed by atoms with Crippen LogP contribution in [0.3, 0.4) is 0 Å². The van der Waals surface area contributed by atoms with Crippen molar-refractivity contribution in [3.63, 3.8) is 0 Å². The van der Waals surface area contributed by atoms with E-state index in [9.17, 15) is 9.59 Å². The molecule has 0 amide bonds. The summed E-state index contributed by atoms with van der Waals surface area (Å²) in [4.78, 5) is 21.5. The van der Waals surface area contributed by atoms with E-state index in [4.69, 9.17) is 10.2 Å². The Morgan fingerprint density at radius 1 is 0.463 bits per heavy atom. The first-order valence-electron chi connectivity index (χ1n) is 16.9. The van der Waals surface area contributed by atoms with Gasteiger partial charge in [-0.05, 0) is 64.2 Å². The van der Waals surface area contributed by atoms with Crippen LogP contribution in [0.2, 0.25) is 8.87 Å². The van der Waals surface area contributed by atoms with Crippen LogP contribution in [-0.4, -0.2) is 43.3 Å². The van der Waals surface area contributed by atoms with Crippen molar-refractivity contribution in [2.75, 3.05) is 0 Å². The fraction of sp³-hybridized carbons (Fsp3) is 0.944. The number of aliphatic carboxylic acids is 2. The molecule has 0 aromatic carbocycles. The minimum atomic E-state index is -0.702. The van der Waals surface area contributed by atoms with E-state index in [-0.39, 0.29) is 32.0 Å². The van der Waals surface area contributed by atoms with Crippen molar-refractivity contribution in [1.29, 1.82) is 0 Å². The molecular formula is C36H74O4Sn. The fourth-order valence-corrected chi connectivity index (χ4v) is 7.34. The second kappa shape index (κ2) is 25.1. The molecule has 0 rings (SSSR count). The molecule has 0 aliphatic rings. The predicted octanol–water partition coefficient (Wildman–Crippen LogP) is 12.1. The SMILES string of the molecule is CC(C)(C)CCC(C)(C)C(=O)O.CC(C)(C)CCC(C)(C)C(=O)O.CCCCCCC[CH2][Sn][CH2]CCCCCCC. The Morgan fingerprint density at radius 3 is 0.976 bits per heavy atom. The molecule has 0 unspecified atom stereocenters. The van der Waals surface area contributed by atoms with E-state index in [1.807, 2.05) is 0 Å². The Morgan fingerprint density at radius 2 is 0.732 bits per heavy atom. The van der Waals surface area contributed by atoms with E-state index in [0.717, 1.165) is 25.7 Å². The van der Waals surface area contributed by atoms with Gasteiger partial charge in [0.1, 0.15) is 0 Å². The van der Waals surface area contributed by atoms with E-state index in [0.29, 0.717) is 0 Å². The molecule has 0 fully saturated rings. The van der Waals surface area contributed by atoms with Gasteiger partial charge in [0.2, 0.25) is 0 Å². The number of hydrogen-bond acceptors (Lipinski definition) is 2. The predicted molar refractivity (Wildman–Crippen MR) is 182 cm³/mol. The molecule has 246 valence electrons. The van der Waals surface area contributed by atoms with Crippen LogP contribution in [0.15, 0.2) is 0 Å². The van der Waals surface area contributed by atoms with Gasteiger partial charge in [-0.2, -0.15) is 0 Å². The van der Waals surface area contributed by atoms with E-state index in [1.165, 1.54) is 64.2 Å². The van der Waals surface area contributed by atoms with Crippen molar-refractivity contribution in [2.24, 2.45) is 21.7 Å². The van der Waals surface area contributed by atoms with Gasteiger partial charge in [0.25, 0.3) is 0 Å². The average Bonchev–Trinajstić information content (AvgIpc) is 2.84. The van der Waals surface area contributed by atoms with E-state index in [2.05, 4.69) is 55.4 Å². The Bertz CT molecular complexity index is 572. The quantitative estimate of drug-likeness (QED) is 0.0986. The molecule has 5 heteroatoms. The maximum atomic E-state index is 10.7. The monoisotopic (exact) mass is 690 g/mol. The molecule has 0 aromatic rings. The molecule has 0 saturated carbocycles. The van der Waals surface area contributed by atoms with Crippen molar-refractivity contribution in [3.05, 3.63) is 0 Å². The van der Waals surface area contributed by atoms with Gasteiger partial charge in [-0.3, -0.25) is 9.59 Å². The third-order valence-corrected chi connectivity index (χ3v) is 11.6. The molecule has 0 spiro atoms. The summed E-state index contributed by atoms with van der Waals surface area (Å²) >= 11 is 0.0736. The molecule has 4 nitrogen and oxygen atoms in total. The van der Waals surface area contributed by atoms with Crippen LogP contribution in [0.5, 0.6) is 0 Å². The Hall–Kier alpha value is -0.261. The van der Waals surface area contributed by atoms with E-state index >= 15 is 0 Å². The fourth-order valence-electron chi connectivity index (χ4n) is 3.77. The van der Waals surface area contributed by atoms with Crippen LogP contribution < -0.4 is 0 Å². The number of carboxylic acid groups (broad SMARTS) is 2. The molecular weight excluding hydrogens is 615 g/mol. The summed E-state index contributed by atoms with van der Waals surface area (Å²) in [5.74, 6) is -1.40. The third-order valence-electron chi connectivity index (χ3n) is 7.57. The van der Waals surface area contributed by atoms with E-state index < -0.39 is 22.8 Å². The van der Waals surface area contributed by atoms with Crippen molar-refractivity contribution in [2.45, 2.75) is 195 Å². The normalized spacial score (nSPS) is 12.2. The zero-order valence-corrected chi connectivity index (χ0v) is 32.8. The summed E-state index contributed by atoms with van der Waals surface area (Å²) in [6, 6.07) is 0. The number of rotatable bonds is 20. The van der Waals surface area contributed by atoms with Crippen molar-refractivity contribution in [1.82, 2.24) is 0 Å². The number of unbranched alkanes of at least 4 members (excludes halogenated alkanes) is 10. The zero-order chi connectivity index (χ0) is 32.6. The summed E-state index contributed by atoms with van der Waals surface area (Å²) in [6.45, 7) is 24.5. The van der Waals surface area contributed by atoms with Gasteiger partial charge in [0.15, 0.2) is 0 Å². The van der Waals surface area contributed by atoms with Crippen LogP contribution in [0, 0.1) is 21.7 Å². The molecule has 41 heavy (non-hydrogen) atoms. The second-order valence-corrected chi connectivity index (χ2v) is 20.1.